The molecule has 0 aliphatic heterocycles. The molecule has 4 aromatic carbocycles. The number of aryl methyl sites for hydroxylation is 1. The molecule has 0 saturated carbocycles. The van der Waals surface area contributed by atoms with Crippen molar-refractivity contribution in [2.24, 2.45) is 5.10 Å². The van der Waals surface area contributed by atoms with Gasteiger partial charge in [-0.2, -0.15) is 9.78 Å². The zero-order valence-electron chi connectivity index (χ0n) is 22.0. The lowest BCUT2D eigenvalue weighted by atomic mass is 10.1. The molecule has 39 heavy (non-hydrogen) atoms. The number of methoxy groups -OCH3 is 1. The monoisotopic (exact) mass is 515 g/mol. The van der Waals surface area contributed by atoms with Crippen molar-refractivity contribution in [3.63, 3.8) is 0 Å². The Hall–Kier alpha value is -4.97. The summed E-state index contributed by atoms with van der Waals surface area (Å²) in [6.45, 7) is 6.38. The molecular weight excluding hydrogens is 486 g/mol. The second-order valence-electron chi connectivity index (χ2n) is 9.16. The maximum atomic E-state index is 13.5. The number of para-hydroxylation sites is 1. The second kappa shape index (κ2) is 11.6. The van der Waals surface area contributed by atoms with Crippen LogP contribution in [0.4, 0.5) is 0 Å². The Morgan fingerprint density at radius 1 is 0.974 bits per heavy atom. The molecule has 0 atom stereocenters. The maximum Gasteiger partial charge on any atom is 0.282 e. The molecule has 0 aliphatic rings. The highest BCUT2D eigenvalue weighted by molar-refractivity contribution is 5.83. The van der Waals surface area contributed by atoms with Crippen LogP contribution in [-0.2, 0) is 13.0 Å². The summed E-state index contributed by atoms with van der Waals surface area (Å²) in [4.78, 5) is 18.2. The zero-order valence-corrected chi connectivity index (χ0v) is 22.0. The Morgan fingerprint density at radius 2 is 1.77 bits per heavy atom. The molecule has 1 heterocycles. The molecule has 6 heteroatoms. The van der Waals surface area contributed by atoms with Gasteiger partial charge >= 0.3 is 0 Å². The highest BCUT2D eigenvalue weighted by atomic mass is 16.5. The molecule has 0 amide bonds. The molecule has 1 aromatic heterocycles. The van der Waals surface area contributed by atoms with Crippen LogP contribution in [0, 0.1) is 6.92 Å². The van der Waals surface area contributed by atoms with Gasteiger partial charge in [-0.1, -0.05) is 78.4 Å². The van der Waals surface area contributed by atoms with Gasteiger partial charge in [0.25, 0.3) is 5.56 Å². The van der Waals surface area contributed by atoms with E-state index in [-0.39, 0.29) is 5.56 Å². The predicted octanol–water partition coefficient (Wildman–Crippen LogP) is 6.57. The topological polar surface area (TPSA) is 65.7 Å². The fourth-order valence-corrected chi connectivity index (χ4v) is 4.47. The molecule has 194 valence electrons. The van der Waals surface area contributed by atoms with Gasteiger partial charge in [0.2, 0.25) is 0 Å². The smallest absolute Gasteiger partial charge is 0.282 e. The molecule has 0 aliphatic carbocycles. The Balaban J connectivity index is 1.56. The number of benzene rings is 4. The van der Waals surface area contributed by atoms with Gasteiger partial charge in [0, 0.05) is 11.1 Å². The van der Waals surface area contributed by atoms with Crippen LogP contribution in [0.2, 0.25) is 0 Å². The lowest BCUT2D eigenvalue weighted by Crippen LogP contribution is -2.20. The summed E-state index contributed by atoms with van der Waals surface area (Å²) in [5.41, 5.74) is 5.08. The van der Waals surface area contributed by atoms with Gasteiger partial charge in [-0.15, -0.1) is 6.58 Å². The fraction of sp³-hybridized carbons (Fsp3) is 0.121. The number of fused-ring (bicyclic) bond motifs is 1. The first kappa shape index (κ1) is 25.7. The van der Waals surface area contributed by atoms with Gasteiger partial charge in [0.05, 0.1) is 24.2 Å². The highest BCUT2D eigenvalue weighted by Gasteiger charge is 2.15. The zero-order chi connectivity index (χ0) is 27.2. The number of nitrogens with zero attached hydrogens (tertiary/aromatic N) is 3. The number of rotatable bonds is 9. The van der Waals surface area contributed by atoms with Gasteiger partial charge in [0.15, 0.2) is 17.3 Å². The molecule has 0 unspecified atom stereocenters. The van der Waals surface area contributed by atoms with Gasteiger partial charge in [-0.3, -0.25) is 4.79 Å². The summed E-state index contributed by atoms with van der Waals surface area (Å²) < 4.78 is 13.3. The first-order valence-corrected chi connectivity index (χ1v) is 12.7. The average molecular weight is 516 g/mol. The first-order valence-electron chi connectivity index (χ1n) is 12.7. The molecule has 5 aromatic rings. The summed E-state index contributed by atoms with van der Waals surface area (Å²) >= 11 is 0. The third-order valence-electron chi connectivity index (χ3n) is 6.31. The lowest BCUT2D eigenvalue weighted by Gasteiger charge is -2.16. The molecule has 0 fully saturated rings. The minimum absolute atomic E-state index is 0.243. The normalized spacial score (nSPS) is 11.1. The van der Waals surface area contributed by atoms with Crippen LogP contribution in [0.15, 0.2) is 114 Å². The molecule has 0 saturated heterocycles. The standard InChI is InChI=1S/C33H29N3O3/c1-4-11-27-19-25(20-30(38-3)31(27)39-22-24-13-10-12-23(2)18-24)21-34-36-32(26-14-6-5-7-15-26)35-29-17-9-8-16-28(29)33(36)37/h4-10,12-21H,1,11,22H2,2-3H3. The fourth-order valence-electron chi connectivity index (χ4n) is 4.47. The van der Waals surface area contributed by atoms with Crippen LogP contribution < -0.4 is 15.0 Å². The van der Waals surface area contributed by atoms with E-state index in [1.165, 1.54) is 10.2 Å². The van der Waals surface area contributed by atoms with E-state index in [1.807, 2.05) is 78.9 Å². The summed E-state index contributed by atoms with van der Waals surface area (Å²) in [6.07, 6.45) is 4.04. The van der Waals surface area contributed by atoms with Crippen LogP contribution in [0.3, 0.4) is 0 Å². The Morgan fingerprint density at radius 3 is 2.54 bits per heavy atom. The largest absolute Gasteiger partial charge is 0.493 e. The summed E-state index contributed by atoms with van der Waals surface area (Å²) in [5.74, 6) is 1.70. The molecular formula is C33H29N3O3. The van der Waals surface area contributed by atoms with Crippen molar-refractivity contribution >= 4 is 17.1 Å². The van der Waals surface area contributed by atoms with Crippen LogP contribution in [0.1, 0.15) is 22.3 Å². The Labute approximate surface area is 227 Å². The molecule has 6 nitrogen and oxygen atoms in total. The summed E-state index contributed by atoms with van der Waals surface area (Å²) in [7, 11) is 1.61. The Bertz CT molecular complexity index is 1720. The van der Waals surface area contributed by atoms with Crippen molar-refractivity contribution in [3.05, 3.63) is 136 Å². The SMILES string of the molecule is C=CCc1cc(C=Nn2c(-c3ccccc3)nc3ccccc3c2=O)cc(OC)c1OCc1cccc(C)c1. The lowest BCUT2D eigenvalue weighted by molar-refractivity contribution is 0.282. The quantitative estimate of drug-likeness (QED) is 0.165. The number of ether oxygens (including phenoxy) is 2. The van der Waals surface area contributed by atoms with E-state index in [2.05, 4.69) is 30.7 Å². The third kappa shape index (κ3) is 5.65. The van der Waals surface area contributed by atoms with Gasteiger partial charge in [0.1, 0.15) is 6.61 Å². The average Bonchev–Trinajstić information content (AvgIpc) is 2.96. The Kier molecular flexibility index (Phi) is 7.64. The molecule has 0 spiro atoms. The van der Waals surface area contributed by atoms with Crippen LogP contribution >= 0.6 is 0 Å². The van der Waals surface area contributed by atoms with Gasteiger partial charge < -0.3 is 9.47 Å². The van der Waals surface area contributed by atoms with E-state index in [0.717, 1.165) is 22.3 Å². The van der Waals surface area contributed by atoms with Crippen molar-refractivity contribution in [1.82, 2.24) is 9.66 Å². The number of aromatic nitrogens is 2. The predicted molar refractivity (Wildman–Crippen MR) is 157 cm³/mol. The van der Waals surface area contributed by atoms with E-state index in [1.54, 1.807) is 19.4 Å². The number of hydrogen-bond acceptors (Lipinski definition) is 5. The second-order valence-corrected chi connectivity index (χ2v) is 9.16. The highest BCUT2D eigenvalue weighted by Crippen LogP contribution is 2.34. The van der Waals surface area contributed by atoms with Crippen molar-refractivity contribution in [2.45, 2.75) is 20.0 Å². The molecule has 5 rings (SSSR count). The van der Waals surface area contributed by atoms with Crippen molar-refractivity contribution in [3.8, 4) is 22.9 Å². The first-order chi connectivity index (χ1) is 19.1. The minimum atomic E-state index is -0.243. The summed E-state index contributed by atoms with van der Waals surface area (Å²) in [5, 5.41) is 5.11. The molecule has 0 bridgehead atoms. The minimum Gasteiger partial charge on any atom is -0.493 e. The third-order valence-corrected chi connectivity index (χ3v) is 6.31. The molecule has 0 N–H and O–H groups in total. The van der Waals surface area contributed by atoms with Crippen LogP contribution in [0.5, 0.6) is 11.5 Å². The van der Waals surface area contributed by atoms with Gasteiger partial charge in [-0.25, -0.2) is 4.98 Å². The van der Waals surface area contributed by atoms with Crippen LogP contribution in [-0.4, -0.2) is 23.0 Å². The molecule has 0 radical (unpaired) electrons. The van der Waals surface area contributed by atoms with E-state index in [9.17, 15) is 4.79 Å². The van der Waals surface area contributed by atoms with Gasteiger partial charge in [-0.05, 0) is 48.7 Å². The van der Waals surface area contributed by atoms with E-state index in [0.29, 0.717) is 41.3 Å². The maximum absolute atomic E-state index is 13.5. The van der Waals surface area contributed by atoms with E-state index in [4.69, 9.17) is 14.5 Å². The van der Waals surface area contributed by atoms with E-state index < -0.39 is 0 Å². The van der Waals surface area contributed by atoms with Crippen molar-refractivity contribution < 1.29 is 9.47 Å². The van der Waals surface area contributed by atoms with Crippen molar-refractivity contribution in [2.75, 3.05) is 7.11 Å². The number of allylic oxidation sites excluding steroid dienone is 1. The summed E-state index contributed by atoms with van der Waals surface area (Å²) in [6, 6.07) is 28.9. The van der Waals surface area contributed by atoms with Crippen LogP contribution in [0.25, 0.3) is 22.3 Å². The van der Waals surface area contributed by atoms with E-state index >= 15 is 0 Å². The van der Waals surface area contributed by atoms with Crippen molar-refractivity contribution in [1.29, 1.82) is 0 Å². The number of hydrogen-bond donors (Lipinski definition) is 0.